The Hall–Kier alpha value is -0.390. The monoisotopic (exact) mass is 288 g/mol. The highest BCUT2D eigenvalue weighted by Crippen LogP contribution is 2.17. The Bertz CT molecular complexity index is 236. The predicted octanol–water partition coefficient (Wildman–Crippen LogP) is 2.18. The summed E-state index contributed by atoms with van der Waals surface area (Å²) in [6.07, 6.45) is 5.12. The number of rotatable bonds is 9. The quantitative estimate of drug-likeness (QED) is 0.519. The fourth-order valence-corrected chi connectivity index (χ4v) is 2.64. The van der Waals surface area contributed by atoms with Gasteiger partial charge in [0.1, 0.15) is 0 Å². The molecule has 0 heterocycles. The molecule has 1 fully saturated rings. The van der Waals surface area contributed by atoms with E-state index >= 15 is 0 Å². The molecule has 112 valence electrons. The van der Waals surface area contributed by atoms with Gasteiger partial charge in [-0.3, -0.25) is 0 Å². The van der Waals surface area contributed by atoms with Crippen LogP contribution in [0.15, 0.2) is 0 Å². The van der Waals surface area contributed by atoms with Crippen molar-refractivity contribution in [3.8, 4) is 0 Å². The Morgan fingerprint density at radius 3 is 2.11 bits per heavy atom. The van der Waals surface area contributed by atoms with Crippen LogP contribution in [0.4, 0.5) is 0 Å². The number of hydrogen-bond acceptors (Lipinski definition) is 3. The average molecular weight is 288 g/mol. The molecule has 0 aromatic heterocycles. The van der Waals surface area contributed by atoms with Gasteiger partial charge < -0.3 is 19.7 Å². The van der Waals surface area contributed by atoms with Crippen LogP contribution in [0.2, 0.25) is 0 Å². The molecule has 1 aliphatic rings. The summed E-state index contributed by atoms with van der Waals surface area (Å²) in [5.41, 5.74) is 0. The SMILES string of the molecule is CCOCCN(CCOCC)C(=S)NC1CCCC1. The van der Waals surface area contributed by atoms with E-state index in [0.717, 1.165) is 44.6 Å². The molecule has 0 saturated heterocycles. The van der Waals surface area contributed by atoms with Crippen LogP contribution in [0.3, 0.4) is 0 Å². The Morgan fingerprint density at radius 2 is 1.63 bits per heavy atom. The Labute approximate surface area is 122 Å². The van der Waals surface area contributed by atoms with E-state index in [1.54, 1.807) is 0 Å². The van der Waals surface area contributed by atoms with E-state index in [4.69, 9.17) is 21.7 Å². The zero-order valence-corrected chi connectivity index (χ0v) is 13.1. The van der Waals surface area contributed by atoms with E-state index in [9.17, 15) is 0 Å². The minimum Gasteiger partial charge on any atom is -0.380 e. The summed E-state index contributed by atoms with van der Waals surface area (Å²) in [6.45, 7) is 8.63. The van der Waals surface area contributed by atoms with Crippen molar-refractivity contribution in [1.82, 2.24) is 10.2 Å². The van der Waals surface area contributed by atoms with E-state index in [1.165, 1.54) is 25.7 Å². The molecule has 0 atom stereocenters. The summed E-state index contributed by atoms with van der Waals surface area (Å²) in [4.78, 5) is 2.17. The molecule has 0 radical (unpaired) electrons. The number of nitrogens with one attached hydrogen (secondary N) is 1. The summed E-state index contributed by atoms with van der Waals surface area (Å²) < 4.78 is 10.8. The van der Waals surface area contributed by atoms with Crippen LogP contribution in [0.1, 0.15) is 39.5 Å². The summed E-state index contributed by atoms with van der Waals surface area (Å²) in [5.74, 6) is 0. The topological polar surface area (TPSA) is 33.7 Å². The highest BCUT2D eigenvalue weighted by Gasteiger charge is 2.18. The lowest BCUT2D eigenvalue weighted by molar-refractivity contribution is 0.106. The lowest BCUT2D eigenvalue weighted by Crippen LogP contribution is -2.46. The average Bonchev–Trinajstić information content (AvgIpc) is 2.90. The van der Waals surface area contributed by atoms with Crippen LogP contribution in [0.25, 0.3) is 0 Å². The highest BCUT2D eigenvalue weighted by molar-refractivity contribution is 7.80. The normalized spacial score (nSPS) is 15.7. The standard InChI is InChI=1S/C14H28N2O2S/c1-3-17-11-9-16(10-12-18-4-2)14(19)15-13-7-5-6-8-13/h13H,3-12H2,1-2H3,(H,15,19). The molecule has 1 rings (SSSR count). The summed E-state index contributed by atoms with van der Waals surface area (Å²) in [5, 5.41) is 4.33. The first-order chi connectivity index (χ1) is 9.27. The van der Waals surface area contributed by atoms with Gasteiger partial charge in [-0.15, -0.1) is 0 Å². The van der Waals surface area contributed by atoms with Gasteiger partial charge >= 0.3 is 0 Å². The largest absolute Gasteiger partial charge is 0.380 e. The minimum atomic E-state index is 0.564. The van der Waals surface area contributed by atoms with Crippen LogP contribution >= 0.6 is 12.2 Å². The van der Waals surface area contributed by atoms with E-state index in [2.05, 4.69) is 10.2 Å². The first-order valence-electron chi connectivity index (χ1n) is 7.48. The van der Waals surface area contributed by atoms with E-state index in [0.29, 0.717) is 6.04 Å². The predicted molar refractivity (Wildman–Crippen MR) is 82.5 cm³/mol. The Kier molecular flexibility index (Phi) is 9.12. The van der Waals surface area contributed by atoms with Crippen molar-refractivity contribution in [3.05, 3.63) is 0 Å². The van der Waals surface area contributed by atoms with Crippen molar-refractivity contribution >= 4 is 17.3 Å². The summed E-state index contributed by atoms with van der Waals surface area (Å²) in [7, 11) is 0. The van der Waals surface area contributed by atoms with Crippen molar-refractivity contribution in [2.75, 3.05) is 39.5 Å². The van der Waals surface area contributed by atoms with Gasteiger partial charge in [-0.2, -0.15) is 0 Å². The molecular formula is C14H28N2O2S. The fraction of sp³-hybridized carbons (Fsp3) is 0.929. The number of hydrogen-bond donors (Lipinski definition) is 1. The lowest BCUT2D eigenvalue weighted by Gasteiger charge is -2.27. The van der Waals surface area contributed by atoms with Gasteiger partial charge in [-0.05, 0) is 38.9 Å². The molecule has 4 nitrogen and oxygen atoms in total. The molecule has 0 aromatic rings. The molecule has 1 saturated carbocycles. The van der Waals surface area contributed by atoms with Gasteiger partial charge in [0.05, 0.1) is 13.2 Å². The van der Waals surface area contributed by atoms with Crippen molar-refractivity contribution in [2.45, 2.75) is 45.6 Å². The fourth-order valence-electron chi connectivity index (χ4n) is 2.29. The number of nitrogens with zero attached hydrogens (tertiary/aromatic N) is 1. The zero-order chi connectivity index (χ0) is 13.9. The third-order valence-electron chi connectivity index (χ3n) is 3.39. The highest BCUT2D eigenvalue weighted by atomic mass is 32.1. The van der Waals surface area contributed by atoms with Crippen molar-refractivity contribution in [1.29, 1.82) is 0 Å². The molecule has 5 heteroatoms. The third-order valence-corrected chi connectivity index (χ3v) is 3.77. The molecule has 1 aliphatic carbocycles. The minimum absolute atomic E-state index is 0.564. The van der Waals surface area contributed by atoms with Crippen molar-refractivity contribution in [3.63, 3.8) is 0 Å². The third kappa shape index (κ3) is 7.09. The Balaban J connectivity index is 2.33. The number of thiocarbonyl (C=S) groups is 1. The molecule has 0 spiro atoms. The summed E-state index contributed by atoms with van der Waals surface area (Å²) in [6, 6.07) is 0.564. The zero-order valence-electron chi connectivity index (χ0n) is 12.3. The van der Waals surface area contributed by atoms with E-state index in [1.807, 2.05) is 13.8 Å². The van der Waals surface area contributed by atoms with Gasteiger partial charge in [-0.25, -0.2) is 0 Å². The second-order valence-corrected chi connectivity index (χ2v) is 5.20. The number of ether oxygens (including phenoxy) is 2. The maximum absolute atomic E-state index is 5.51. The molecule has 0 aromatic carbocycles. The van der Waals surface area contributed by atoms with Crippen molar-refractivity contribution < 1.29 is 9.47 Å². The first kappa shape index (κ1) is 16.7. The molecule has 0 bridgehead atoms. The van der Waals surface area contributed by atoms with Gasteiger partial charge in [-0.1, -0.05) is 12.8 Å². The lowest BCUT2D eigenvalue weighted by atomic mass is 10.2. The van der Waals surface area contributed by atoms with Crippen LogP contribution in [-0.2, 0) is 9.47 Å². The second-order valence-electron chi connectivity index (χ2n) is 4.81. The summed E-state index contributed by atoms with van der Waals surface area (Å²) >= 11 is 5.51. The maximum Gasteiger partial charge on any atom is 0.169 e. The molecular weight excluding hydrogens is 260 g/mol. The van der Waals surface area contributed by atoms with Gasteiger partial charge in [0.25, 0.3) is 0 Å². The van der Waals surface area contributed by atoms with E-state index < -0.39 is 0 Å². The smallest absolute Gasteiger partial charge is 0.169 e. The molecule has 19 heavy (non-hydrogen) atoms. The molecule has 0 aliphatic heterocycles. The van der Waals surface area contributed by atoms with Gasteiger partial charge in [0.15, 0.2) is 5.11 Å². The molecule has 0 amide bonds. The molecule has 1 N–H and O–H groups in total. The Morgan fingerprint density at radius 1 is 1.11 bits per heavy atom. The molecule has 0 unspecified atom stereocenters. The second kappa shape index (κ2) is 10.4. The van der Waals surface area contributed by atoms with Gasteiger partial charge in [0, 0.05) is 32.3 Å². The van der Waals surface area contributed by atoms with Crippen molar-refractivity contribution in [2.24, 2.45) is 0 Å². The van der Waals surface area contributed by atoms with Crippen LogP contribution in [0, 0.1) is 0 Å². The first-order valence-corrected chi connectivity index (χ1v) is 7.89. The van der Waals surface area contributed by atoms with Crippen LogP contribution in [-0.4, -0.2) is 55.6 Å². The van der Waals surface area contributed by atoms with E-state index in [-0.39, 0.29) is 0 Å². The van der Waals surface area contributed by atoms with Gasteiger partial charge in [0.2, 0.25) is 0 Å². The van der Waals surface area contributed by atoms with Crippen LogP contribution in [0.5, 0.6) is 0 Å². The maximum atomic E-state index is 5.51. The van der Waals surface area contributed by atoms with Crippen LogP contribution < -0.4 is 5.32 Å².